The van der Waals surface area contributed by atoms with E-state index in [1.165, 1.54) is 6.42 Å². The Morgan fingerprint density at radius 1 is 0.880 bits per heavy atom. The molecule has 3 aliphatic rings. The van der Waals surface area contributed by atoms with Crippen LogP contribution in [-0.4, -0.2) is 85.9 Å². The van der Waals surface area contributed by atoms with Crippen molar-refractivity contribution in [2.75, 3.05) is 59.4 Å². The van der Waals surface area contributed by atoms with Gasteiger partial charge in [-0.3, -0.25) is 9.59 Å². The van der Waals surface area contributed by atoms with Crippen LogP contribution in [-0.2, 0) is 9.59 Å². The van der Waals surface area contributed by atoms with Crippen LogP contribution in [0.15, 0.2) is 0 Å². The summed E-state index contributed by atoms with van der Waals surface area (Å²) in [5.41, 5.74) is 0. The van der Waals surface area contributed by atoms with E-state index >= 15 is 0 Å². The molecule has 0 spiro atoms. The van der Waals surface area contributed by atoms with Gasteiger partial charge in [-0.05, 0) is 57.7 Å². The van der Waals surface area contributed by atoms with E-state index in [1.54, 1.807) is 0 Å². The Kier molecular flexibility index (Phi) is 6.70. The number of hydrogen-bond acceptors (Lipinski definition) is 4. The summed E-state index contributed by atoms with van der Waals surface area (Å²) in [6.45, 7) is 7.54. The SMILES string of the molecule is CN1CCN(C(=O)CC2CCN(C(=O)CCC3CCNC3)CC2)CC1. The number of amides is 2. The van der Waals surface area contributed by atoms with Crippen LogP contribution in [0.5, 0.6) is 0 Å². The molecular weight excluding hydrogens is 316 g/mol. The van der Waals surface area contributed by atoms with Crippen molar-refractivity contribution in [2.24, 2.45) is 11.8 Å². The molecule has 1 atom stereocenters. The highest BCUT2D eigenvalue weighted by molar-refractivity contribution is 5.77. The van der Waals surface area contributed by atoms with Gasteiger partial charge >= 0.3 is 0 Å². The maximum Gasteiger partial charge on any atom is 0.222 e. The summed E-state index contributed by atoms with van der Waals surface area (Å²) in [6.07, 6.45) is 5.56. The molecule has 0 aromatic heterocycles. The minimum atomic E-state index is 0.312. The fourth-order valence-corrected chi connectivity index (χ4v) is 4.26. The van der Waals surface area contributed by atoms with Crippen molar-refractivity contribution in [3.8, 4) is 0 Å². The van der Waals surface area contributed by atoms with Crippen LogP contribution in [0.25, 0.3) is 0 Å². The van der Waals surface area contributed by atoms with Crippen LogP contribution in [0, 0.1) is 11.8 Å². The summed E-state index contributed by atoms with van der Waals surface area (Å²) < 4.78 is 0. The number of hydrogen-bond donors (Lipinski definition) is 1. The van der Waals surface area contributed by atoms with Gasteiger partial charge in [-0.15, -0.1) is 0 Å². The molecule has 3 heterocycles. The largest absolute Gasteiger partial charge is 0.343 e. The summed E-state index contributed by atoms with van der Waals surface area (Å²) in [5, 5.41) is 3.37. The molecule has 1 N–H and O–H groups in total. The predicted octanol–water partition coefficient (Wildman–Crippen LogP) is 0.779. The number of rotatable bonds is 5. The first-order valence-electron chi connectivity index (χ1n) is 10.1. The molecule has 0 aliphatic carbocycles. The second-order valence-corrected chi connectivity index (χ2v) is 8.11. The molecule has 6 heteroatoms. The molecule has 0 radical (unpaired) electrons. The highest BCUT2D eigenvalue weighted by Crippen LogP contribution is 2.23. The van der Waals surface area contributed by atoms with Crippen molar-refractivity contribution in [1.29, 1.82) is 0 Å². The molecule has 142 valence electrons. The quantitative estimate of drug-likeness (QED) is 0.796. The van der Waals surface area contributed by atoms with Crippen LogP contribution in [0.2, 0.25) is 0 Å². The number of nitrogens with one attached hydrogen (secondary N) is 1. The first-order valence-corrected chi connectivity index (χ1v) is 10.1. The van der Waals surface area contributed by atoms with Crippen LogP contribution in [0.3, 0.4) is 0 Å². The highest BCUT2D eigenvalue weighted by Gasteiger charge is 2.27. The second kappa shape index (κ2) is 8.99. The van der Waals surface area contributed by atoms with Gasteiger partial charge in [-0.25, -0.2) is 0 Å². The lowest BCUT2D eigenvalue weighted by atomic mass is 9.92. The molecule has 3 aliphatic heterocycles. The normalized spacial score (nSPS) is 26.2. The summed E-state index contributed by atoms with van der Waals surface area (Å²) in [5.74, 6) is 1.76. The van der Waals surface area contributed by atoms with Gasteiger partial charge in [0, 0.05) is 52.1 Å². The van der Waals surface area contributed by atoms with Gasteiger partial charge in [-0.1, -0.05) is 0 Å². The maximum absolute atomic E-state index is 12.5. The average Bonchev–Trinajstić information content (AvgIpc) is 3.14. The lowest BCUT2D eigenvalue weighted by Crippen LogP contribution is -2.48. The summed E-state index contributed by atoms with van der Waals surface area (Å²) >= 11 is 0. The topological polar surface area (TPSA) is 55.9 Å². The zero-order chi connectivity index (χ0) is 17.6. The van der Waals surface area contributed by atoms with E-state index in [2.05, 4.69) is 17.3 Å². The zero-order valence-electron chi connectivity index (χ0n) is 15.7. The Morgan fingerprint density at radius 2 is 1.56 bits per heavy atom. The summed E-state index contributed by atoms with van der Waals surface area (Å²) in [4.78, 5) is 31.2. The van der Waals surface area contributed by atoms with Gasteiger partial charge in [-0.2, -0.15) is 0 Å². The van der Waals surface area contributed by atoms with Crippen molar-refractivity contribution in [1.82, 2.24) is 20.0 Å². The van der Waals surface area contributed by atoms with Gasteiger partial charge in [0.15, 0.2) is 0 Å². The molecular formula is C19H34N4O2. The van der Waals surface area contributed by atoms with E-state index in [4.69, 9.17) is 0 Å². The molecule has 25 heavy (non-hydrogen) atoms. The zero-order valence-corrected chi connectivity index (χ0v) is 15.7. The monoisotopic (exact) mass is 350 g/mol. The third-order valence-electron chi connectivity index (χ3n) is 6.22. The van der Waals surface area contributed by atoms with Gasteiger partial charge in [0.05, 0.1) is 0 Å². The minimum absolute atomic E-state index is 0.312. The van der Waals surface area contributed by atoms with E-state index in [0.717, 1.165) is 71.6 Å². The molecule has 3 fully saturated rings. The van der Waals surface area contributed by atoms with Gasteiger partial charge in [0.25, 0.3) is 0 Å². The number of likely N-dealkylation sites (N-methyl/N-ethyl adjacent to an activating group) is 1. The number of piperidine rings is 1. The fraction of sp³-hybridized carbons (Fsp3) is 0.895. The van der Waals surface area contributed by atoms with Crippen molar-refractivity contribution < 1.29 is 9.59 Å². The lowest BCUT2D eigenvalue weighted by Gasteiger charge is -2.35. The van der Waals surface area contributed by atoms with Crippen LogP contribution in [0.1, 0.15) is 38.5 Å². The first kappa shape index (κ1) is 18.6. The van der Waals surface area contributed by atoms with Crippen molar-refractivity contribution in [3.63, 3.8) is 0 Å². The van der Waals surface area contributed by atoms with E-state index in [-0.39, 0.29) is 0 Å². The number of carbonyl (C=O) groups is 2. The highest BCUT2D eigenvalue weighted by atomic mass is 16.2. The second-order valence-electron chi connectivity index (χ2n) is 8.11. The standard InChI is InChI=1S/C19H34N4O2/c1-21-10-12-23(13-11-21)19(25)14-16-5-8-22(9-6-16)18(24)3-2-17-4-7-20-15-17/h16-17,20H,2-15H2,1H3. The third kappa shape index (κ3) is 5.42. The predicted molar refractivity (Wildman–Crippen MR) is 98.2 cm³/mol. The Morgan fingerprint density at radius 3 is 2.20 bits per heavy atom. The molecule has 0 aromatic rings. The van der Waals surface area contributed by atoms with E-state index in [9.17, 15) is 9.59 Å². The average molecular weight is 351 g/mol. The van der Waals surface area contributed by atoms with Crippen molar-refractivity contribution >= 4 is 11.8 Å². The summed E-state index contributed by atoms with van der Waals surface area (Å²) in [6, 6.07) is 0. The van der Waals surface area contributed by atoms with E-state index in [1.807, 2.05) is 9.80 Å². The number of carbonyl (C=O) groups excluding carboxylic acids is 2. The van der Waals surface area contributed by atoms with E-state index in [0.29, 0.717) is 36.5 Å². The van der Waals surface area contributed by atoms with Gasteiger partial charge < -0.3 is 20.0 Å². The van der Waals surface area contributed by atoms with Crippen molar-refractivity contribution in [2.45, 2.75) is 38.5 Å². The molecule has 3 rings (SSSR count). The smallest absolute Gasteiger partial charge is 0.222 e. The Hall–Kier alpha value is -1.14. The molecule has 1 unspecified atom stereocenters. The van der Waals surface area contributed by atoms with E-state index < -0.39 is 0 Å². The summed E-state index contributed by atoms with van der Waals surface area (Å²) in [7, 11) is 2.11. The molecule has 3 saturated heterocycles. The Labute approximate surface area is 151 Å². The molecule has 0 aromatic carbocycles. The van der Waals surface area contributed by atoms with Crippen LogP contribution < -0.4 is 5.32 Å². The van der Waals surface area contributed by atoms with Crippen molar-refractivity contribution in [3.05, 3.63) is 0 Å². The maximum atomic E-state index is 12.5. The van der Waals surface area contributed by atoms with Crippen LogP contribution in [0.4, 0.5) is 0 Å². The molecule has 0 saturated carbocycles. The minimum Gasteiger partial charge on any atom is -0.343 e. The van der Waals surface area contributed by atoms with Gasteiger partial charge in [0.1, 0.15) is 0 Å². The third-order valence-corrected chi connectivity index (χ3v) is 6.22. The number of likely N-dealkylation sites (tertiary alicyclic amines) is 1. The lowest BCUT2D eigenvalue weighted by molar-refractivity contribution is -0.135. The molecule has 2 amide bonds. The first-order chi connectivity index (χ1) is 12.1. The Balaban J connectivity index is 1.33. The number of nitrogens with zero attached hydrogens (tertiary/aromatic N) is 3. The number of piperazine rings is 1. The van der Waals surface area contributed by atoms with Crippen LogP contribution >= 0.6 is 0 Å². The molecule has 6 nitrogen and oxygen atoms in total. The Bertz CT molecular complexity index is 448. The molecule has 0 bridgehead atoms. The van der Waals surface area contributed by atoms with Gasteiger partial charge in [0.2, 0.25) is 11.8 Å². The fourth-order valence-electron chi connectivity index (χ4n) is 4.26.